The van der Waals surface area contributed by atoms with Crippen LogP contribution in [0.15, 0.2) is 22.7 Å². The molecule has 6 heteroatoms. The van der Waals surface area contributed by atoms with E-state index in [-0.39, 0.29) is 18.1 Å². The highest BCUT2D eigenvalue weighted by molar-refractivity contribution is 9.10. The predicted molar refractivity (Wildman–Crippen MR) is 56.5 cm³/mol. The van der Waals surface area contributed by atoms with E-state index in [1.165, 1.54) is 25.3 Å². The van der Waals surface area contributed by atoms with E-state index in [1.54, 1.807) is 0 Å². The Hall–Kier alpha value is -1.43. The van der Waals surface area contributed by atoms with Crippen molar-refractivity contribution in [1.29, 1.82) is 0 Å². The van der Waals surface area contributed by atoms with Gasteiger partial charge in [0.15, 0.2) is 0 Å². The minimum absolute atomic E-state index is 0.0181. The largest absolute Gasteiger partial charge is 0.469 e. The van der Waals surface area contributed by atoms with E-state index in [2.05, 4.69) is 20.7 Å². The molecule has 0 N–H and O–H groups in total. The van der Waals surface area contributed by atoms with E-state index < -0.39 is 4.92 Å². The maximum Gasteiger partial charge on any atom is 0.310 e. The Balaban J connectivity index is 2.93. The van der Waals surface area contributed by atoms with Crippen LogP contribution in [0.25, 0.3) is 0 Å². The Kier molecular flexibility index (Phi) is 3.79. The number of benzene rings is 1. The Morgan fingerprint density at radius 3 is 2.73 bits per heavy atom. The molecule has 15 heavy (non-hydrogen) atoms. The third-order valence-corrected chi connectivity index (χ3v) is 2.55. The molecule has 0 radical (unpaired) electrons. The van der Waals surface area contributed by atoms with E-state index >= 15 is 0 Å². The number of esters is 1. The minimum atomic E-state index is -0.493. The van der Waals surface area contributed by atoms with Crippen LogP contribution >= 0.6 is 15.9 Å². The molecule has 0 unspecified atom stereocenters. The quantitative estimate of drug-likeness (QED) is 0.480. The molecule has 5 nitrogen and oxygen atoms in total. The van der Waals surface area contributed by atoms with Crippen molar-refractivity contribution in [1.82, 2.24) is 0 Å². The van der Waals surface area contributed by atoms with Gasteiger partial charge < -0.3 is 4.74 Å². The summed E-state index contributed by atoms with van der Waals surface area (Å²) in [4.78, 5) is 20.9. The monoisotopic (exact) mass is 273 g/mol. The first-order valence-corrected chi connectivity index (χ1v) is 4.83. The van der Waals surface area contributed by atoms with E-state index in [4.69, 9.17) is 0 Å². The molecule has 0 saturated carbocycles. The molecule has 0 bridgehead atoms. The van der Waals surface area contributed by atoms with Gasteiger partial charge in [-0.3, -0.25) is 14.9 Å². The number of rotatable bonds is 3. The first-order valence-electron chi connectivity index (χ1n) is 4.04. The third-order valence-electron chi connectivity index (χ3n) is 1.81. The highest BCUT2D eigenvalue weighted by Gasteiger charge is 2.11. The van der Waals surface area contributed by atoms with Gasteiger partial charge in [0, 0.05) is 16.6 Å². The molecule has 0 saturated heterocycles. The summed E-state index contributed by atoms with van der Waals surface area (Å²) in [6.07, 6.45) is 0.0923. The number of methoxy groups -OCH3 is 1. The Morgan fingerprint density at radius 2 is 2.27 bits per heavy atom. The number of carbonyl (C=O) groups excluding carboxylic acids is 1. The molecule has 1 rings (SSSR count). The van der Waals surface area contributed by atoms with Crippen LogP contribution in [0, 0.1) is 10.1 Å². The lowest BCUT2D eigenvalue weighted by molar-refractivity contribution is -0.384. The summed E-state index contributed by atoms with van der Waals surface area (Å²) in [5.41, 5.74) is 0.642. The van der Waals surface area contributed by atoms with E-state index in [0.717, 1.165) is 0 Å². The van der Waals surface area contributed by atoms with Gasteiger partial charge >= 0.3 is 5.97 Å². The summed E-state index contributed by atoms with van der Waals surface area (Å²) >= 11 is 3.16. The van der Waals surface area contributed by atoms with Crippen LogP contribution in [0.3, 0.4) is 0 Å². The van der Waals surface area contributed by atoms with E-state index in [0.29, 0.717) is 10.0 Å². The summed E-state index contributed by atoms with van der Waals surface area (Å²) < 4.78 is 5.02. The lowest BCUT2D eigenvalue weighted by Crippen LogP contribution is -2.05. The lowest BCUT2D eigenvalue weighted by Gasteiger charge is -2.02. The molecule has 80 valence electrons. The first-order chi connectivity index (χ1) is 7.04. The van der Waals surface area contributed by atoms with Crippen LogP contribution in [0.1, 0.15) is 5.56 Å². The summed E-state index contributed by atoms with van der Waals surface area (Å²) in [5, 5.41) is 10.4. The molecule has 1 aromatic carbocycles. The fourth-order valence-electron chi connectivity index (χ4n) is 1.02. The van der Waals surface area contributed by atoms with Crippen LogP contribution in [0.5, 0.6) is 0 Å². The zero-order chi connectivity index (χ0) is 11.4. The molecule has 0 aliphatic heterocycles. The summed E-state index contributed by atoms with van der Waals surface area (Å²) in [6, 6.07) is 4.24. The van der Waals surface area contributed by atoms with Crippen LogP contribution < -0.4 is 0 Å². The van der Waals surface area contributed by atoms with Gasteiger partial charge in [-0.15, -0.1) is 0 Å². The molecule has 0 spiro atoms. The summed E-state index contributed by atoms with van der Waals surface area (Å²) in [7, 11) is 1.29. The molecular formula is C9H8BrNO4. The summed E-state index contributed by atoms with van der Waals surface area (Å²) in [5.74, 6) is -0.385. The van der Waals surface area contributed by atoms with Crippen LogP contribution in [0.2, 0.25) is 0 Å². The number of hydrogen-bond acceptors (Lipinski definition) is 4. The van der Waals surface area contributed by atoms with Crippen LogP contribution in [-0.4, -0.2) is 18.0 Å². The van der Waals surface area contributed by atoms with Crippen molar-refractivity contribution < 1.29 is 14.5 Å². The molecule has 0 fully saturated rings. The molecule has 1 aromatic rings. The van der Waals surface area contributed by atoms with Gasteiger partial charge in [-0.25, -0.2) is 0 Å². The van der Waals surface area contributed by atoms with Gasteiger partial charge in [0.1, 0.15) is 0 Å². The maximum atomic E-state index is 11.0. The van der Waals surface area contributed by atoms with Gasteiger partial charge in [0.2, 0.25) is 0 Å². The second-order valence-electron chi connectivity index (χ2n) is 2.79. The zero-order valence-corrected chi connectivity index (χ0v) is 9.48. The minimum Gasteiger partial charge on any atom is -0.469 e. The SMILES string of the molecule is COC(=O)Cc1ccc([N+](=O)[O-])cc1Br. The van der Waals surface area contributed by atoms with Gasteiger partial charge in [-0.2, -0.15) is 0 Å². The molecule has 0 heterocycles. The Bertz CT molecular complexity index is 405. The van der Waals surface area contributed by atoms with Crippen molar-refractivity contribution in [3.63, 3.8) is 0 Å². The average molecular weight is 274 g/mol. The Morgan fingerprint density at radius 1 is 1.60 bits per heavy atom. The molecule has 0 aliphatic carbocycles. The number of halogens is 1. The molecular weight excluding hydrogens is 266 g/mol. The second-order valence-corrected chi connectivity index (χ2v) is 3.64. The smallest absolute Gasteiger partial charge is 0.310 e. The van der Waals surface area contributed by atoms with Crippen molar-refractivity contribution in [3.05, 3.63) is 38.3 Å². The molecule has 0 aliphatic rings. The number of non-ortho nitro benzene ring substituents is 1. The van der Waals surface area contributed by atoms with Crippen molar-refractivity contribution in [3.8, 4) is 0 Å². The van der Waals surface area contributed by atoms with Crippen LogP contribution in [-0.2, 0) is 16.0 Å². The molecule has 0 aromatic heterocycles. The molecule has 0 amide bonds. The maximum absolute atomic E-state index is 11.0. The number of nitro benzene ring substituents is 1. The molecule has 0 atom stereocenters. The number of nitro groups is 1. The topological polar surface area (TPSA) is 69.4 Å². The lowest BCUT2D eigenvalue weighted by atomic mass is 10.1. The van der Waals surface area contributed by atoms with E-state index in [1.807, 2.05) is 0 Å². The average Bonchev–Trinajstić information content (AvgIpc) is 2.20. The standard InChI is InChI=1S/C9H8BrNO4/c1-15-9(12)4-6-2-3-7(11(13)14)5-8(6)10/h2-3,5H,4H2,1H3. The Labute approximate surface area is 94.3 Å². The van der Waals surface area contributed by atoms with Crippen molar-refractivity contribution in [2.45, 2.75) is 6.42 Å². The number of nitrogens with zero attached hydrogens (tertiary/aromatic N) is 1. The number of carbonyl (C=O) groups is 1. The van der Waals surface area contributed by atoms with Crippen molar-refractivity contribution in [2.75, 3.05) is 7.11 Å². The second kappa shape index (κ2) is 4.88. The van der Waals surface area contributed by atoms with Crippen molar-refractivity contribution >= 4 is 27.6 Å². The number of hydrogen-bond donors (Lipinski definition) is 0. The fourth-order valence-corrected chi connectivity index (χ4v) is 1.53. The van der Waals surface area contributed by atoms with Gasteiger partial charge in [0.05, 0.1) is 18.5 Å². The van der Waals surface area contributed by atoms with Gasteiger partial charge in [0.25, 0.3) is 5.69 Å². The zero-order valence-electron chi connectivity index (χ0n) is 7.90. The number of ether oxygens (including phenoxy) is 1. The normalized spacial score (nSPS) is 9.73. The highest BCUT2D eigenvalue weighted by atomic mass is 79.9. The predicted octanol–water partition coefficient (Wildman–Crippen LogP) is 2.07. The van der Waals surface area contributed by atoms with E-state index in [9.17, 15) is 14.9 Å². The third kappa shape index (κ3) is 3.02. The fraction of sp³-hybridized carbons (Fsp3) is 0.222. The summed E-state index contributed by atoms with van der Waals surface area (Å²) in [6.45, 7) is 0. The van der Waals surface area contributed by atoms with Crippen molar-refractivity contribution in [2.24, 2.45) is 0 Å². The first kappa shape index (κ1) is 11.6. The van der Waals surface area contributed by atoms with Gasteiger partial charge in [-0.1, -0.05) is 22.0 Å². The highest BCUT2D eigenvalue weighted by Crippen LogP contribution is 2.23. The van der Waals surface area contributed by atoms with Crippen LogP contribution in [0.4, 0.5) is 5.69 Å². The van der Waals surface area contributed by atoms with Gasteiger partial charge in [-0.05, 0) is 5.56 Å².